The van der Waals surface area contributed by atoms with Gasteiger partial charge in [0.05, 0.1) is 0 Å². The molecule has 0 aliphatic heterocycles. The van der Waals surface area contributed by atoms with E-state index in [1.165, 1.54) is 0 Å². The Kier molecular flexibility index (Phi) is 2.11. The van der Waals surface area contributed by atoms with Crippen LogP contribution in [-0.4, -0.2) is 20.9 Å². The van der Waals surface area contributed by atoms with E-state index in [4.69, 9.17) is 0 Å². The Balaban J connectivity index is 3.02. The fourth-order valence-corrected chi connectivity index (χ4v) is 0.666. The summed E-state index contributed by atoms with van der Waals surface area (Å²) < 4.78 is 44.8. The average Bonchev–Trinajstić information content (AvgIpc) is 2.34. The van der Waals surface area contributed by atoms with E-state index < -0.39 is 10.9 Å². The maximum Gasteiger partial charge on any atom is 0.455 e. The number of alkyl halides is 5. The van der Waals surface area contributed by atoms with Gasteiger partial charge in [-0.05, 0) is 15.9 Å². The fourth-order valence-electron chi connectivity index (χ4n) is 0.483. The highest BCUT2D eigenvalue weighted by atomic mass is 79.9. The summed E-state index contributed by atoms with van der Waals surface area (Å²) in [5.41, 5.74) is 0. The second kappa shape index (κ2) is 2.68. The minimum absolute atomic E-state index is 0.0347. The van der Waals surface area contributed by atoms with E-state index in [2.05, 4.69) is 10.1 Å². The van der Waals surface area contributed by atoms with Crippen LogP contribution < -0.4 is 0 Å². The molecule has 0 aliphatic carbocycles. The molecule has 3 nitrogen and oxygen atoms in total. The average molecular weight is 248 g/mol. The molecule has 0 amide bonds. The maximum absolute atomic E-state index is 12.8. The highest BCUT2D eigenvalue weighted by Crippen LogP contribution is 2.42. The van der Waals surface area contributed by atoms with Crippen molar-refractivity contribution in [1.29, 1.82) is 0 Å². The number of aromatic nitrogens is 3. The lowest BCUT2D eigenvalue weighted by atomic mass is 10.6. The van der Waals surface area contributed by atoms with Crippen LogP contribution in [0.4, 0.5) is 17.6 Å². The summed E-state index contributed by atoms with van der Waals surface area (Å²) >= 11 is 1.86. The van der Waals surface area contributed by atoms with Crippen LogP contribution in [0, 0.1) is 0 Å². The Morgan fingerprint density at radius 2 is 1.83 bits per heavy atom. The van der Waals surface area contributed by atoms with Crippen LogP contribution in [-0.2, 0) is 4.70 Å². The van der Waals surface area contributed by atoms with Crippen molar-refractivity contribution >= 4 is 15.9 Å². The van der Waals surface area contributed by atoms with Crippen molar-refractivity contribution in [1.82, 2.24) is 14.8 Å². The highest BCUT2D eigenvalue weighted by Gasteiger charge is 2.57. The molecular formula is C4H2BrF4N3. The van der Waals surface area contributed by atoms with Gasteiger partial charge in [-0.2, -0.15) is 27.3 Å². The smallest absolute Gasteiger partial charge is 0.223 e. The van der Waals surface area contributed by atoms with E-state index in [-0.39, 0.29) is 4.68 Å². The molecule has 0 bridgehead atoms. The number of rotatable bonds is 1. The lowest BCUT2D eigenvalue weighted by Gasteiger charge is -2.20. The lowest BCUT2D eigenvalue weighted by molar-refractivity contribution is -0.223. The predicted octanol–water partition coefficient (Wildman–Crippen LogP) is 1.82. The van der Waals surface area contributed by atoms with E-state index in [9.17, 15) is 17.6 Å². The van der Waals surface area contributed by atoms with Crippen molar-refractivity contribution in [3.05, 3.63) is 12.7 Å². The van der Waals surface area contributed by atoms with Gasteiger partial charge in [0, 0.05) is 0 Å². The summed E-state index contributed by atoms with van der Waals surface area (Å²) in [6.45, 7) is 0. The number of hydrogen-bond acceptors (Lipinski definition) is 2. The van der Waals surface area contributed by atoms with Gasteiger partial charge in [-0.3, -0.25) is 0 Å². The van der Waals surface area contributed by atoms with Gasteiger partial charge in [0.25, 0.3) is 0 Å². The van der Waals surface area contributed by atoms with Crippen molar-refractivity contribution < 1.29 is 17.6 Å². The Morgan fingerprint density at radius 3 is 2.17 bits per heavy atom. The summed E-state index contributed by atoms with van der Waals surface area (Å²) in [6, 6.07) is 0. The first kappa shape index (κ1) is 9.43. The normalized spacial score (nSPS) is 17.4. The van der Waals surface area contributed by atoms with E-state index in [0.29, 0.717) is 6.33 Å². The lowest BCUT2D eigenvalue weighted by Crippen LogP contribution is -2.38. The first-order valence-electron chi connectivity index (χ1n) is 2.65. The monoisotopic (exact) mass is 247 g/mol. The quantitative estimate of drug-likeness (QED) is 0.560. The molecule has 1 aromatic heterocycles. The molecule has 1 unspecified atom stereocenters. The molecule has 0 fully saturated rings. The fraction of sp³-hybridized carbons (Fsp3) is 0.500. The molecule has 0 N–H and O–H groups in total. The zero-order valence-electron chi connectivity index (χ0n) is 5.39. The van der Waals surface area contributed by atoms with Gasteiger partial charge < -0.3 is 0 Å². The predicted molar refractivity (Wildman–Crippen MR) is 34.1 cm³/mol. The molecule has 0 saturated heterocycles. The largest absolute Gasteiger partial charge is 0.455 e. The van der Waals surface area contributed by atoms with Crippen molar-refractivity contribution in [2.45, 2.75) is 10.9 Å². The number of hydrogen-bond donors (Lipinski definition) is 0. The third kappa shape index (κ3) is 1.43. The zero-order chi connectivity index (χ0) is 9.41. The van der Waals surface area contributed by atoms with Crippen LogP contribution in [0.25, 0.3) is 0 Å². The van der Waals surface area contributed by atoms with Gasteiger partial charge in [-0.1, -0.05) is 0 Å². The van der Waals surface area contributed by atoms with E-state index in [1.807, 2.05) is 15.9 Å². The minimum atomic E-state index is -5.07. The van der Waals surface area contributed by atoms with Crippen LogP contribution in [0.15, 0.2) is 12.7 Å². The molecule has 1 rings (SSSR count). The van der Waals surface area contributed by atoms with Crippen LogP contribution in [0.3, 0.4) is 0 Å². The van der Waals surface area contributed by atoms with Crippen LogP contribution in [0.1, 0.15) is 0 Å². The first-order chi connectivity index (χ1) is 5.36. The second-order valence-corrected chi connectivity index (χ2v) is 2.93. The molecule has 1 heterocycles. The zero-order valence-corrected chi connectivity index (χ0v) is 6.97. The van der Waals surface area contributed by atoms with Gasteiger partial charge >= 0.3 is 10.9 Å². The van der Waals surface area contributed by atoms with Crippen molar-refractivity contribution in [3.8, 4) is 0 Å². The number of halogens is 5. The van der Waals surface area contributed by atoms with E-state index in [1.54, 1.807) is 0 Å². The second-order valence-electron chi connectivity index (χ2n) is 1.88. The molecule has 0 spiro atoms. The highest BCUT2D eigenvalue weighted by molar-refractivity contribution is 9.09. The van der Waals surface area contributed by atoms with Crippen LogP contribution in [0.2, 0.25) is 0 Å². The van der Waals surface area contributed by atoms with E-state index >= 15 is 0 Å². The van der Waals surface area contributed by atoms with Gasteiger partial charge in [-0.25, -0.2) is 4.98 Å². The third-order valence-electron chi connectivity index (χ3n) is 1.05. The summed E-state index contributed by atoms with van der Waals surface area (Å²) in [4.78, 5) is 3.18. The van der Waals surface area contributed by atoms with Crippen molar-refractivity contribution in [2.75, 3.05) is 0 Å². The molecule has 0 saturated carbocycles. The molecule has 0 radical (unpaired) electrons. The summed E-state index contributed by atoms with van der Waals surface area (Å²) in [5.74, 6) is 0. The van der Waals surface area contributed by atoms with Gasteiger partial charge in [0.2, 0.25) is 0 Å². The molecule has 0 aromatic carbocycles. The summed E-state index contributed by atoms with van der Waals surface area (Å²) in [7, 11) is 0. The molecule has 68 valence electrons. The van der Waals surface area contributed by atoms with Gasteiger partial charge in [0.15, 0.2) is 0 Å². The molecule has 1 atom stereocenters. The van der Waals surface area contributed by atoms with Gasteiger partial charge in [0.1, 0.15) is 12.7 Å². The summed E-state index contributed by atoms with van der Waals surface area (Å²) in [6.07, 6.45) is -3.63. The molecule has 12 heavy (non-hydrogen) atoms. The van der Waals surface area contributed by atoms with Crippen molar-refractivity contribution in [2.24, 2.45) is 0 Å². The topological polar surface area (TPSA) is 30.7 Å². The SMILES string of the molecule is FC(F)(F)C(F)(Br)n1cncn1. The molecule has 8 heteroatoms. The van der Waals surface area contributed by atoms with Crippen molar-refractivity contribution in [3.63, 3.8) is 0 Å². The molecular weight excluding hydrogens is 246 g/mol. The molecule has 0 aliphatic rings. The first-order valence-corrected chi connectivity index (χ1v) is 3.44. The van der Waals surface area contributed by atoms with Gasteiger partial charge in [-0.15, -0.1) is 0 Å². The van der Waals surface area contributed by atoms with E-state index in [0.717, 1.165) is 6.33 Å². The Hall–Kier alpha value is -0.660. The van der Waals surface area contributed by atoms with Crippen LogP contribution in [0.5, 0.6) is 0 Å². The Labute approximate surface area is 72.5 Å². The Morgan fingerprint density at radius 1 is 1.25 bits per heavy atom. The third-order valence-corrected chi connectivity index (χ3v) is 1.86. The minimum Gasteiger partial charge on any atom is -0.223 e. The standard InChI is InChI=1S/C4H2BrF4N3/c5-3(6,4(7,8)9)12-2-10-1-11-12/h1-2H. The number of nitrogens with zero attached hydrogens (tertiary/aromatic N) is 3. The maximum atomic E-state index is 12.8. The van der Waals surface area contributed by atoms with Crippen LogP contribution >= 0.6 is 15.9 Å². The Bertz CT molecular complexity index is 254. The summed E-state index contributed by atoms with van der Waals surface area (Å²) in [5, 5.41) is 3.02. The molecule has 1 aromatic rings.